The van der Waals surface area contributed by atoms with E-state index in [0.717, 1.165) is 0 Å². The van der Waals surface area contributed by atoms with E-state index in [1.54, 1.807) is 34.6 Å². The fraction of sp³-hybridized carbons (Fsp3) is 0.825. The predicted molar refractivity (Wildman–Crippen MR) is 237 cm³/mol. The lowest BCUT2D eigenvalue weighted by Crippen LogP contribution is -2.55. The molecule has 21 nitrogen and oxygen atoms in total. The van der Waals surface area contributed by atoms with Gasteiger partial charge in [-0.2, -0.15) is 0 Å². The summed E-state index contributed by atoms with van der Waals surface area (Å²) in [5.74, 6) is 0.479. The Bertz CT molecular complexity index is 1360. The van der Waals surface area contributed by atoms with Crippen LogP contribution in [0.4, 0.5) is 33.6 Å². The molecule has 0 aliphatic heterocycles. The Morgan fingerprint density at radius 1 is 0.426 bits per heavy atom. The summed E-state index contributed by atoms with van der Waals surface area (Å²) in [6.45, 7) is 25.5. The second-order valence-corrected chi connectivity index (χ2v) is 18.0. The van der Waals surface area contributed by atoms with Crippen LogP contribution in [0.3, 0.4) is 0 Å². The number of carbonyl (C=O) groups is 7. The molecule has 0 saturated carbocycles. The minimum absolute atomic E-state index is 0.0244. The summed E-state index contributed by atoms with van der Waals surface area (Å²) in [4.78, 5) is 87.4. The first-order valence-corrected chi connectivity index (χ1v) is 21.5. The number of alkyl carbamates (subject to hydrolysis) is 1. The first-order valence-electron chi connectivity index (χ1n) is 21.5. The number of carbonyl (C=O) groups excluding carboxylic acids is 7. The average molecular weight is 872 g/mol. The van der Waals surface area contributed by atoms with Gasteiger partial charge in [-0.15, -0.1) is 0 Å². The molecule has 13 amide bonds. The molecule has 61 heavy (non-hydrogen) atoms. The van der Waals surface area contributed by atoms with Crippen LogP contribution in [0, 0.1) is 23.7 Å². The molecule has 0 unspecified atom stereocenters. The molecule has 0 radical (unpaired) electrons. The molecule has 0 rings (SSSR count). The first-order chi connectivity index (χ1) is 28.3. The number of amides is 13. The topological polar surface area (TPSA) is 285 Å². The van der Waals surface area contributed by atoms with Crippen molar-refractivity contribution in [3.8, 4) is 0 Å². The molecule has 0 fully saturated rings. The fourth-order valence-corrected chi connectivity index (χ4v) is 5.65. The van der Waals surface area contributed by atoms with Crippen LogP contribution in [0.15, 0.2) is 0 Å². The summed E-state index contributed by atoms with van der Waals surface area (Å²) >= 11 is 0. The lowest BCUT2D eigenvalue weighted by atomic mass is 10.0. The summed E-state index contributed by atoms with van der Waals surface area (Å²) in [5, 5.41) is 36.0. The van der Waals surface area contributed by atoms with Gasteiger partial charge in [-0.3, -0.25) is 0 Å². The monoisotopic (exact) mass is 872 g/mol. The average Bonchev–Trinajstić information content (AvgIpc) is 3.12. The van der Waals surface area contributed by atoms with Crippen LogP contribution in [0.25, 0.3) is 0 Å². The van der Waals surface area contributed by atoms with Gasteiger partial charge in [0.2, 0.25) is 0 Å². The highest BCUT2D eigenvalue weighted by atomic mass is 16.6. The van der Waals surface area contributed by atoms with Crippen molar-refractivity contribution in [2.24, 2.45) is 23.7 Å². The van der Waals surface area contributed by atoms with Crippen LogP contribution in [0.5, 0.6) is 0 Å². The number of hydrogen-bond donors (Lipinski definition) is 13. The molecule has 0 aliphatic carbocycles. The van der Waals surface area contributed by atoms with Gasteiger partial charge in [-0.25, -0.2) is 33.6 Å². The van der Waals surface area contributed by atoms with E-state index in [1.807, 2.05) is 55.4 Å². The molecule has 0 spiro atoms. The highest BCUT2D eigenvalue weighted by Gasteiger charge is 2.24. The molecule has 0 aliphatic rings. The third-order valence-corrected chi connectivity index (χ3v) is 8.91. The van der Waals surface area contributed by atoms with E-state index < -0.39 is 66.0 Å². The van der Waals surface area contributed by atoms with Crippen molar-refractivity contribution in [1.29, 1.82) is 0 Å². The van der Waals surface area contributed by atoms with Crippen molar-refractivity contribution in [3.63, 3.8) is 0 Å². The van der Waals surface area contributed by atoms with Crippen molar-refractivity contribution in [3.05, 3.63) is 0 Å². The Hall–Kier alpha value is -5.11. The minimum Gasteiger partial charge on any atom is -0.444 e. The number of rotatable bonds is 24. The van der Waals surface area contributed by atoms with Crippen molar-refractivity contribution < 1.29 is 38.3 Å². The van der Waals surface area contributed by atoms with Crippen LogP contribution in [0.2, 0.25) is 0 Å². The van der Waals surface area contributed by atoms with E-state index in [4.69, 9.17) is 4.74 Å². The van der Waals surface area contributed by atoms with E-state index >= 15 is 0 Å². The SMILES string of the molecule is CNC(=O)NC[C@H](CC(C)C)NC(=O)NC[C@H](C)NC(=O)NC[C@@H](NC(=O)NC[C@H](CC(C)C)NC(=O)NC[C@H](C)NC(=O)NC[C@@H](NC(=O)OC(C)(C)C)C(C)C)C(C)C. The summed E-state index contributed by atoms with van der Waals surface area (Å²) < 4.78 is 5.32. The number of nitrogens with one attached hydrogen (secondary N) is 13. The van der Waals surface area contributed by atoms with Crippen molar-refractivity contribution in [1.82, 2.24) is 69.1 Å². The number of ether oxygens (including phenoxy) is 1. The van der Waals surface area contributed by atoms with Crippen molar-refractivity contribution in [2.75, 3.05) is 46.3 Å². The number of urea groups is 6. The Kier molecular flexibility index (Phi) is 26.8. The van der Waals surface area contributed by atoms with E-state index in [9.17, 15) is 33.6 Å². The van der Waals surface area contributed by atoms with Gasteiger partial charge in [0.05, 0.1) is 12.1 Å². The van der Waals surface area contributed by atoms with Gasteiger partial charge >= 0.3 is 42.3 Å². The van der Waals surface area contributed by atoms with Gasteiger partial charge in [-0.1, -0.05) is 55.4 Å². The Morgan fingerprint density at radius 2 is 0.754 bits per heavy atom. The van der Waals surface area contributed by atoms with Crippen LogP contribution in [0.1, 0.15) is 103 Å². The summed E-state index contributed by atoms with van der Waals surface area (Å²) in [6, 6.07) is -4.93. The maximum absolute atomic E-state index is 13.0. The van der Waals surface area contributed by atoms with Crippen LogP contribution < -0.4 is 69.1 Å². The molecule has 0 bridgehead atoms. The third kappa shape index (κ3) is 29.7. The zero-order valence-corrected chi connectivity index (χ0v) is 39.2. The number of hydrogen-bond acceptors (Lipinski definition) is 8. The van der Waals surface area contributed by atoms with E-state index in [2.05, 4.69) is 69.1 Å². The first kappa shape index (κ1) is 55.9. The highest BCUT2D eigenvalue weighted by molar-refractivity contribution is 5.78. The van der Waals surface area contributed by atoms with Gasteiger partial charge in [0.15, 0.2) is 0 Å². The fourth-order valence-electron chi connectivity index (χ4n) is 5.65. The highest BCUT2D eigenvalue weighted by Crippen LogP contribution is 2.09. The zero-order valence-electron chi connectivity index (χ0n) is 39.2. The maximum Gasteiger partial charge on any atom is 0.407 e. The second-order valence-electron chi connectivity index (χ2n) is 18.0. The van der Waals surface area contributed by atoms with E-state index in [0.29, 0.717) is 12.8 Å². The van der Waals surface area contributed by atoms with Gasteiger partial charge in [-0.05, 0) is 71.1 Å². The van der Waals surface area contributed by atoms with Crippen LogP contribution in [-0.4, -0.2) is 130 Å². The lowest BCUT2D eigenvalue weighted by Gasteiger charge is -2.26. The molecule has 354 valence electrons. The van der Waals surface area contributed by atoms with Gasteiger partial charge in [0.25, 0.3) is 0 Å². The summed E-state index contributed by atoms with van der Waals surface area (Å²) in [5.41, 5.74) is -0.651. The largest absolute Gasteiger partial charge is 0.444 e. The van der Waals surface area contributed by atoms with Crippen molar-refractivity contribution >= 4 is 42.3 Å². The molecule has 0 heterocycles. The Labute approximate surface area is 363 Å². The predicted octanol–water partition coefficient (Wildman–Crippen LogP) is 2.59. The molecule has 0 aromatic heterocycles. The summed E-state index contributed by atoms with van der Waals surface area (Å²) in [6.07, 6.45) is 0.670. The minimum atomic E-state index is -0.651. The van der Waals surface area contributed by atoms with E-state index in [1.165, 1.54) is 7.05 Å². The lowest BCUT2D eigenvalue weighted by molar-refractivity contribution is 0.0490. The van der Waals surface area contributed by atoms with Gasteiger partial charge in [0.1, 0.15) is 5.60 Å². The normalized spacial score (nSPS) is 14.3. The quantitative estimate of drug-likeness (QED) is 0.0683. The van der Waals surface area contributed by atoms with Crippen molar-refractivity contribution in [2.45, 2.75) is 145 Å². The maximum atomic E-state index is 13.0. The summed E-state index contributed by atoms with van der Waals surface area (Å²) in [7, 11) is 1.51. The molecular weight excluding hydrogens is 791 g/mol. The van der Waals surface area contributed by atoms with Crippen LogP contribution >= 0.6 is 0 Å². The Morgan fingerprint density at radius 3 is 1.11 bits per heavy atom. The van der Waals surface area contributed by atoms with Crippen LogP contribution in [-0.2, 0) is 4.74 Å². The molecule has 0 saturated heterocycles. The van der Waals surface area contributed by atoms with E-state index in [-0.39, 0.29) is 81.1 Å². The molecule has 21 heteroatoms. The Balaban J connectivity index is 4.86. The third-order valence-electron chi connectivity index (χ3n) is 8.91. The second kappa shape index (κ2) is 29.2. The molecule has 13 N–H and O–H groups in total. The molecule has 6 atom stereocenters. The van der Waals surface area contributed by atoms with Gasteiger partial charge in [0, 0.05) is 70.5 Å². The standard InChI is InChI=1S/C40H81N13O8/c1-23(2)15-29(19-44-33(54)41-14)50-36(57)42-17-27(9)48-34(55)46-21-31(25(5)6)52-38(59)45-20-30(16-24(3)4)51-37(58)43-18-28(10)49-35(56)47-22-32(26(7)8)53-39(60)61-40(11,12)13/h23-32H,15-22H2,1-14H3,(H,53,60)(H2,41,44,54)(H2,42,50,57)(H2,43,51,58)(H2,45,52,59)(H2,46,48,55)(H2,47,49,56)/t27-,28-,29-,30-,31+,32+/m0/s1. The molecule has 0 aromatic rings. The van der Waals surface area contributed by atoms with Gasteiger partial charge < -0.3 is 73.9 Å². The smallest absolute Gasteiger partial charge is 0.407 e. The molecule has 0 aromatic carbocycles. The molecular formula is C40H81N13O8. The zero-order chi connectivity index (χ0) is 46.9.